The molecule has 0 spiro atoms. The van der Waals surface area contributed by atoms with Gasteiger partial charge in [-0.1, -0.05) is 48.0 Å². The van der Waals surface area contributed by atoms with E-state index in [4.69, 9.17) is 0 Å². The Morgan fingerprint density at radius 2 is 1.45 bits per heavy atom. The maximum Gasteiger partial charge on any atom is 0.265 e. The van der Waals surface area contributed by atoms with Crippen molar-refractivity contribution < 1.29 is 9.59 Å². The average molecular weight is 405 g/mol. The highest BCUT2D eigenvalue weighted by Gasteiger charge is 2.35. The van der Waals surface area contributed by atoms with Gasteiger partial charge in [0.25, 0.3) is 11.8 Å². The first-order chi connectivity index (χ1) is 15.1. The third kappa shape index (κ3) is 3.36. The number of carbonyl (C=O) groups is 2. The zero-order valence-corrected chi connectivity index (χ0v) is 16.9. The molecule has 0 saturated carbocycles. The molecule has 0 radical (unpaired) electrons. The molecule has 4 aromatic rings. The van der Waals surface area contributed by atoms with Crippen LogP contribution in [0.2, 0.25) is 0 Å². The molecule has 150 valence electrons. The molecule has 31 heavy (non-hydrogen) atoms. The molecular weight excluding hydrogens is 386 g/mol. The quantitative estimate of drug-likeness (QED) is 0.360. The van der Waals surface area contributed by atoms with Gasteiger partial charge in [0.15, 0.2) is 0 Å². The van der Waals surface area contributed by atoms with Gasteiger partial charge in [-0.05, 0) is 54.5 Å². The first-order valence-corrected chi connectivity index (χ1v) is 9.97. The van der Waals surface area contributed by atoms with Gasteiger partial charge < -0.3 is 4.57 Å². The van der Waals surface area contributed by atoms with Gasteiger partial charge in [0.05, 0.1) is 12.0 Å². The lowest BCUT2D eigenvalue weighted by Crippen LogP contribution is -2.41. The predicted octanol–water partition coefficient (Wildman–Crippen LogP) is 4.91. The predicted molar refractivity (Wildman–Crippen MR) is 121 cm³/mol. The zero-order valence-electron chi connectivity index (χ0n) is 16.9. The summed E-state index contributed by atoms with van der Waals surface area (Å²) in [5.41, 5.74) is 5.15. The molecule has 0 saturated heterocycles. The fourth-order valence-corrected chi connectivity index (χ4v) is 3.74. The Balaban J connectivity index is 1.59. The lowest BCUT2D eigenvalue weighted by molar-refractivity contribution is -0.112. The zero-order chi connectivity index (χ0) is 21.4. The Bertz CT molecular complexity index is 1300. The van der Waals surface area contributed by atoms with E-state index in [1.165, 1.54) is 4.90 Å². The summed E-state index contributed by atoms with van der Waals surface area (Å²) >= 11 is 0. The lowest BCUT2D eigenvalue weighted by Gasteiger charge is -2.28. The van der Waals surface area contributed by atoms with Gasteiger partial charge in [-0.2, -0.15) is 0 Å². The number of aromatic nitrogens is 2. The summed E-state index contributed by atoms with van der Waals surface area (Å²) in [6, 6.07) is 22.5. The average Bonchev–Trinajstić information content (AvgIpc) is 3.33. The van der Waals surface area contributed by atoms with Crippen LogP contribution in [-0.4, -0.2) is 21.4 Å². The molecule has 0 unspecified atom stereocenters. The van der Waals surface area contributed by atoms with Crippen LogP contribution >= 0.6 is 0 Å². The molecule has 0 bridgehead atoms. The van der Waals surface area contributed by atoms with E-state index >= 15 is 0 Å². The van der Waals surface area contributed by atoms with E-state index in [0.717, 1.165) is 16.8 Å². The van der Waals surface area contributed by atoms with E-state index in [2.05, 4.69) is 4.98 Å². The highest BCUT2D eigenvalue weighted by atomic mass is 16.2. The van der Waals surface area contributed by atoms with E-state index in [1.807, 2.05) is 78.4 Å². The second-order valence-electron chi connectivity index (χ2n) is 7.45. The molecule has 0 fully saturated rings. The van der Waals surface area contributed by atoms with Gasteiger partial charge >= 0.3 is 0 Å². The van der Waals surface area contributed by atoms with Crippen LogP contribution in [0.1, 0.15) is 27.0 Å². The van der Waals surface area contributed by atoms with Gasteiger partial charge in [0, 0.05) is 29.2 Å². The van der Waals surface area contributed by atoms with Crippen molar-refractivity contribution in [3.05, 3.63) is 114 Å². The number of anilines is 1. The SMILES string of the molecule is Cc1ccc(N2C(=O)C(=Cc3ccc(-n4ccnc4)cc3)c3ccccc3C2=O)cc1. The summed E-state index contributed by atoms with van der Waals surface area (Å²) in [5.74, 6) is -0.636. The van der Waals surface area contributed by atoms with Crippen LogP contribution in [0.15, 0.2) is 91.5 Å². The van der Waals surface area contributed by atoms with Crippen LogP contribution in [0.4, 0.5) is 5.69 Å². The Hall–Kier alpha value is -4.25. The Kier molecular flexibility index (Phi) is 4.56. The molecule has 3 aromatic carbocycles. The Morgan fingerprint density at radius 3 is 2.13 bits per heavy atom. The number of nitrogens with zero attached hydrogens (tertiary/aromatic N) is 3. The minimum Gasteiger partial charge on any atom is -0.306 e. The van der Waals surface area contributed by atoms with Crippen molar-refractivity contribution in [3.63, 3.8) is 0 Å². The van der Waals surface area contributed by atoms with Crippen LogP contribution in [-0.2, 0) is 4.79 Å². The highest BCUT2D eigenvalue weighted by molar-refractivity contribution is 6.43. The molecule has 1 aromatic heterocycles. The molecule has 2 heterocycles. The third-order valence-corrected chi connectivity index (χ3v) is 5.38. The first kappa shape index (κ1) is 18.8. The molecule has 0 atom stereocenters. The fraction of sp³-hybridized carbons (Fsp3) is 0.0385. The third-order valence-electron chi connectivity index (χ3n) is 5.38. The van der Waals surface area contributed by atoms with Crippen LogP contribution < -0.4 is 4.90 Å². The number of hydrogen-bond acceptors (Lipinski definition) is 3. The van der Waals surface area contributed by atoms with E-state index in [-0.39, 0.29) is 11.8 Å². The molecular formula is C26H19N3O2. The van der Waals surface area contributed by atoms with E-state index < -0.39 is 0 Å². The van der Waals surface area contributed by atoms with Crippen LogP contribution in [0.25, 0.3) is 17.3 Å². The number of hydrogen-bond donors (Lipinski definition) is 0. The smallest absolute Gasteiger partial charge is 0.265 e. The number of carbonyl (C=O) groups excluding carboxylic acids is 2. The molecule has 2 amide bonds. The highest BCUT2D eigenvalue weighted by Crippen LogP contribution is 2.33. The minimum absolute atomic E-state index is 0.308. The molecule has 1 aliphatic heterocycles. The largest absolute Gasteiger partial charge is 0.306 e. The number of benzene rings is 3. The summed E-state index contributed by atoms with van der Waals surface area (Å²) in [6.45, 7) is 1.97. The number of imidazole rings is 1. The summed E-state index contributed by atoms with van der Waals surface area (Å²) in [5, 5.41) is 0. The van der Waals surface area contributed by atoms with E-state index in [1.54, 1.807) is 30.7 Å². The molecule has 0 N–H and O–H groups in total. The molecule has 5 rings (SSSR count). The normalized spacial score (nSPS) is 14.7. The summed E-state index contributed by atoms with van der Waals surface area (Å²) in [6.07, 6.45) is 7.18. The van der Waals surface area contributed by atoms with Crippen molar-refractivity contribution in [2.75, 3.05) is 4.90 Å². The van der Waals surface area contributed by atoms with Gasteiger partial charge in [0.2, 0.25) is 0 Å². The van der Waals surface area contributed by atoms with Gasteiger partial charge in [-0.3, -0.25) is 9.59 Å². The van der Waals surface area contributed by atoms with Crippen molar-refractivity contribution in [1.29, 1.82) is 0 Å². The molecule has 5 nitrogen and oxygen atoms in total. The van der Waals surface area contributed by atoms with Gasteiger partial charge in [0.1, 0.15) is 0 Å². The standard InChI is InChI=1S/C26H19N3O2/c1-18-6-10-21(11-7-18)29-25(30)23-5-3-2-4-22(23)24(26(29)31)16-19-8-12-20(13-9-19)28-15-14-27-17-28/h2-17H,1H3. The Labute approximate surface area is 179 Å². The van der Waals surface area contributed by atoms with Crippen LogP contribution in [0.5, 0.6) is 0 Å². The van der Waals surface area contributed by atoms with Crippen molar-refractivity contribution in [3.8, 4) is 5.69 Å². The van der Waals surface area contributed by atoms with Crippen LogP contribution in [0.3, 0.4) is 0 Å². The summed E-state index contributed by atoms with van der Waals surface area (Å²) < 4.78 is 1.91. The van der Waals surface area contributed by atoms with E-state index in [0.29, 0.717) is 22.4 Å². The maximum atomic E-state index is 13.5. The van der Waals surface area contributed by atoms with Gasteiger partial charge in [-0.25, -0.2) is 9.88 Å². The Morgan fingerprint density at radius 1 is 0.774 bits per heavy atom. The molecule has 1 aliphatic rings. The molecule has 5 heteroatoms. The molecule has 0 aliphatic carbocycles. The number of fused-ring (bicyclic) bond motifs is 1. The van der Waals surface area contributed by atoms with Crippen molar-refractivity contribution in [2.24, 2.45) is 0 Å². The fourth-order valence-electron chi connectivity index (χ4n) is 3.74. The number of imide groups is 1. The first-order valence-electron chi connectivity index (χ1n) is 9.97. The maximum absolute atomic E-state index is 13.5. The summed E-state index contributed by atoms with van der Waals surface area (Å²) in [7, 11) is 0. The van der Waals surface area contributed by atoms with Crippen molar-refractivity contribution in [2.45, 2.75) is 6.92 Å². The number of amides is 2. The van der Waals surface area contributed by atoms with Gasteiger partial charge in [-0.15, -0.1) is 0 Å². The van der Waals surface area contributed by atoms with E-state index in [9.17, 15) is 9.59 Å². The van der Waals surface area contributed by atoms with Crippen molar-refractivity contribution >= 4 is 29.2 Å². The van der Waals surface area contributed by atoms with Crippen LogP contribution in [0, 0.1) is 6.92 Å². The second kappa shape index (κ2) is 7.54. The number of aryl methyl sites for hydroxylation is 1. The topological polar surface area (TPSA) is 55.2 Å². The second-order valence-corrected chi connectivity index (χ2v) is 7.45. The summed E-state index contributed by atoms with van der Waals surface area (Å²) in [4.78, 5) is 31.9. The van der Waals surface area contributed by atoms with Crippen molar-refractivity contribution in [1.82, 2.24) is 9.55 Å². The lowest BCUT2D eigenvalue weighted by atomic mass is 9.91. The minimum atomic E-state index is -0.328. The monoisotopic (exact) mass is 405 g/mol. The number of rotatable bonds is 3.